The molecule has 0 amide bonds. The van der Waals surface area contributed by atoms with Gasteiger partial charge in [0.1, 0.15) is 0 Å². The van der Waals surface area contributed by atoms with Gasteiger partial charge < -0.3 is 0 Å². The van der Waals surface area contributed by atoms with Crippen LogP contribution in [0.5, 0.6) is 0 Å². The topological polar surface area (TPSA) is 12.4 Å². The van der Waals surface area contributed by atoms with Crippen molar-refractivity contribution in [3.63, 3.8) is 0 Å². The van der Waals surface area contributed by atoms with E-state index in [1.165, 1.54) is 16.8 Å². The van der Waals surface area contributed by atoms with E-state index < -0.39 is 0 Å². The van der Waals surface area contributed by atoms with Gasteiger partial charge in [-0.15, -0.1) is 0 Å². The van der Waals surface area contributed by atoms with Crippen LogP contribution in [0.15, 0.2) is 40.1 Å². The van der Waals surface area contributed by atoms with E-state index in [1.807, 2.05) is 6.21 Å². The molecule has 0 bridgehead atoms. The van der Waals surface area contributed by atoms with Gasteiger partial charge in [-0.05, 0) is 31.4 Å². The van der Waals surface area contributed by atoms with Crippen LogP contribution in [0.4, 0.5) is 0 Å². The Balaban J connectivity index is 2.45. The molecule has 1 aliphatic carbocycles. The van der Waals surface area contributed by atoms with E-state index in [1.54, 1.807) is 0 Å². The van der Waals surface area contributed by atoms with Crippen molar-refractivity contribution in [2.45, 2.75) is 20.8 Å². The molecule has 0 N–H and O–H groups in total. The third kappa shape index (κ3) is 1.28. The molecule has 13 heavy (non-hydrogen) atoms. The minimum absolute atomic E-state index is 0.523. The van der Waals surface area contributed by atoms with Gasteiger partial charge in [-0.2, -0.15) is 0 Å². The lowest BCUT2D eigenvalue weighted by Crippen LogP contribution is -2.19. The minimum Gasteiger partial charge on any atom is -0.260 e. The first-order valence-corrected chi connectivity index (χ1v) is 4.80. The smallest absolute Gasteiger partial charge is 0.0480 e. The van der Waals surface area contributed by atoms with Crippen LogP contribution in [0.1, 0.15) is 20.8 Å². The predicted molar refractivity (Wildman–Crippen MR) is 56.7 cm³/mol. The van der Waals surface area contributed by atoms with E-state index >= 15 is 0 Å². The SMILES string of the molecule is CC1=C(C)C2C(=CC=CC2C)N=C1. The summed E-state index contributed by atoms with van der Waals surface area (Å²) in [5.41, 5.74) is 4.01. The van der Waals surface area contributed by atoms with Gasteiger partial charge in [-0.1, -0.05) is 24.6 Å². The first-order valence-electron chi connectivity index (χ1n) is 4.80. The maximum Gasteiger partial charge on any atom is 0.0480 e. The normalized spacial score (nSPS) is 31.8. The first-order chi connectivity index (χ1) is 6.20. The summed E-state index contributed by atoms with van der Waals surface area (Å²) in [7, 11) is 0. The number of nitrogens with zero attached hydrogens (tertiary/aromatic N) is 1. The second-order valence-corrected chi connectivity index (χ2v) is 3.94. The monoisotopic (exact) mass is 173 g/mol. The van der Waals surface area contributed by atoms with E-state index in [0.29, 0.717) is 11.8 Å². The Kier molecular flexibility index (Phi) is 1.95. The molecule has 2 atom stereocenters. The number of rotatable bonds is 0. The molecule has 0 fully saturated rings. The number of fused-ring (bicyclic) bond motifs is 1. The molecule has 0 radical (unpaired) electrons. The van der Waals surface area contributed by atoms with Crippen LogP contribution in [0.2, 0.25) is 0 Å². The van der Waals surface area contributed by atoms with Crippen molar-refractivity contribution in [1.29, 1.82) is 0 Å². The van der Waals surface area contributed by atoms with Crippen molar-refractivity contribution in [1.82, 2.24) is 0 Å². The average Bonchev–Trinajstić information content (AvgIpc) is 2.12. The van der Waals surface area contributed by atoms with Crippen molar-refractivity contribution in [2.24, 2.45) is 16.8 Å². The fourth-order valence-corrected chi connectivity index (χ4v) is 2.07. The number of dihydropyridines is 1. The van der Waals surface area contributed by atoms with E-state index in [9.17, 15) is 0 Å². The van der Waals surface area contributed by atoms with Gasteiger partial charge in [0.2, 0.25) is 0 Å². The summed E-state index contributed by atoms with van der Waals surface area (Å²) in [5, 5.41) is 0. The molecular weight excluding hydrogens is 158 g/mol. The zero-order valence-electron chi connectivity index (χ0n) is 8.41. The standard InChI is InChI=1S/C12H15N/c1-8-5-4-6-11-12(8)10(3)9(2)7-13-11/h4-8,12H,1-3H3. The van der Waals surface area contributed by atoms with Crippen LogP contribution in [-0.4, -0.2) is 6.21 Å². The summed E-state index contributed by atoms with van der Waals surface area (Å²) >= 11 is 0. The van der Waals surface area contributed by atoms with Gasteiger partial charge in [0, 0.05) is 17.8 Å². The Morgan fingerprint density at radius 2 is 2.08 bits per heavy atom. The molecule has 0 aromatic carbocycles. The number of hydrogen-bond acceptors (Lipinski definition) is 1. The third-order valence-corrected chi connectivity index (χ3v) is 3.02. The van der Waals surface area contributed by atoms with E-state index in [-0.39, 0.29) is 0 Å². The van der Waals surface area contributed by atoms with Crippen molar-refractivity contribution in [3.05, 3.63) is 35.1 Å². The number of aliphatic imine (C=N–C) groups is 1. The van der Waals surface area contributed by atoms with Crippen LogP contribution in [0.25, 0.3) is 0 Å². The summed E-state index contributed by atoms with van der Waals surface area (Å²) in [6.45, 7) is 6.61. The Morgan fingerprint density at radius 1 is 1.31 bits per heavy atom. The minimum atomic E-state index is 0.523. The molecule has 1 nitrogen and oxygen atoms in total. The Bertz CT molecular complexity index is 340. The largest absolute Gasteiger partial charge is 0.260 e. The Labute approximate surface area is 79.6 Å². The molecule has 2 unspecified atom stereocenters. The van der Waals surface area contributed by atoms with Crippen LogP contribution in [0.3, 0.4) is 0 Å². The van der Waals surface area contributed by atoms with Gasteiger partial charge >= 0.3 is 0 Å². The molecular formula is C12H15N. The average molecular weight is 173 g/mol. The predicted octanol–water partition coefficient (Wildman–Crippen LogP) is 3.11. The highest BCUT2D eigenvalue weighted by molar-refractivity contribution is 5.81. The Morgan fingerprint density at radius 3 is 2.85 bits per heavy atom. The van der Waals surface area contributed by atoms with Crippen LogP contribution in [-0.2, 0) is 0 Å². The lowest BCUT2D eigenvalue weighted by atomic mass is 9.79. The molecule has 0 spiro atoms. The first kappa shape index (κ1) is 8.49. The molecule has 1 heterocycles. The van der Waals surface area contributed by atoms with Gasteiger partial charge in [-0.25, -0.2) is 0 Å². The molecule has 0 aromatic heterocycles. The Hall–Kier alpha value is -1.11. The van der Waals surface area contributed by atoms with E-state index in [2.05, 4.69) is 44.0 Å². The summed E-state index contributed by atoms with van der Waals surface area (Å²) in [5.74, 6) is 1.11. The van der Waals surface area contributed by atoms with Gasteiger partial charge in [-0.3, -0.25) is 4.99 Å². The maximum absolute atomic E-state index is 4.46. The molecule has 1 aliphatic heterocycles. The third-order valence-electron chi connectivity index (χ3n) is 3.02. The summed E-state index contributed by atoms with van der Waals surface area (Å²) < 4.78 is 0. The fourth-order valence-electron chi connectivity index (χ4n) is 2.07. The zero-order chi connectivity index (χ0) is 9.42. The summed E-state index contributed by atoms with van der Waals surface area (Å²) in [4.78, 5) is 4.46. The highest BCUT2D eigenvalue weighted by atomic mass is 14.8. The molecule has 1 heteroatoms. The van der Waals surface area contributed by atoms with E-state index in [4.69, 9.17) is 0 Å². The molecule has 68 valence electrons. The van der Waals surface area contributed by atoms with Crippen molar-refractivity contribution < 1.29 is 0 Å². The number of hydrogen-bond donors (Lipinski definition) is 0. The molecule has 2 aliphatic rings. The van der Waals surface area contributed by atoms with Gasteiger partial charge in [0.15, 0.2) is 0 Å². The summed E-state index contributed by atoms with van der Waals surface area (Å²) in [6.07, 6.45) is 8.47. The molecule has 0 saturated carbocycles. The highest BCUT2D eigenvalue weighted by Gasteiger charge is 2.26. The van der Waals surface area contributed by atoms with E-state index in [0.717, 1.165) is 0 Å². The summed E-state index contributed by atoms with van der Waals surface area (Å²) in [6, 6.07) is 0. The molecule has 0 aromatic rings. The maximum atomic E-state index is 4.46. The van der Waals surface area contributed by atoms with Crippen molar-refractivity contribution in [2.75, 3.05) is 0 Å². The van der Waals surface area contributed by atoms with Gasteiger partial charge in [0.05, 0.1) is 0 Å². The fraction of sp³-hybridized carbons (Fsp3) is 0.417. The van der Waals surface area contributed by atoms with Crippen molar-refractivity contribution >= 4 is 6.21 Å². The second-order valence-electron chi connectivity index (χ2n) is 3.94. The molecule has 0 saturated heterocycles. The van der Waals surface area contributed by atoms with Crippen LogP contribution >= 0.6 is 0 Å². The van der Waals surface area contributed by atoms with Gasteiger partial charge in [0.25, 0.3) is 0 Å². The second kappa shape index (κ2) is 2.99. The van der Waals surface area contributed by atoms with Crippen LogP contribution < -0.4 is 0 Å². The lowest BCUT2D eigenvalue weighted by Gasteiger charge is -2.29. The quantitative estimate of drug-likeness (QED) is 0.533. The molecule has 2 rings (SSSR count). The van der Waals surface area contributed by atoms with Crippen molar-refractivity contribution in [3.8, 4) is 0 Å². The lowest BCUT2D eigenvalue weighted by molar-refractivity contribution is 0.537. The van der Waals surface area contributed by atoms with Crippen LogP contribution in [0, 0.1) is 11.8 Å². The number of allylic oxidation sites excluding steroid dienone is 5. The zero-order valence-corrected chi connectivity index (χ0v) is 8.41. The highest BCUT2D eigenvalue weighted by Crippen LogP contribution is 2.36.